The molecule has 0 aromatic carbocycles. The molecule has 1 aliphatic carbocycles. The van der Waals surface area contributed by atoms with Gasteiger partial charge in [0.1, 0.15) is 5.78 Å². The molecule has 3 rings (SSSR count). The molecule has 15 heavy (non-hydrogen) atoms. The van der Waals surface area contributed by atoms with Crippen molar-refractivity contribution >= 4 is 11.7 Å². The number of carbonyl (C=O) groups is 2. The maximum atomic E-state index is 11.6. The van der Waals surface area contributed by atoms with Crippen molar-refractivity contribution in [1.29, 1.82) is 0 Å². The normalized spacial score (nSPS) is 40.3. The monoisotopic (exact) mass is 207 g/mol. The van der Waals surface area contributed by atoms with Gasteiger partial charge < -0.3 is 4.90 Å². The summed E-state index contributed by atoms with van der Waals surface area (Å²) in [5, 5.41) is 0. The molecule has 2 aliphatic heterocycles. The molecule has 2 heterocycles. The van der Waals surface area contributed by atoms with Gasteiger partial charge in [0.15, 0.2) is 0 Å². The molecule has 0 radical (unpaired) electrons. The average Bonchev–Trinajstić information content (AvgIpc) is 2.60. The molecule has 3 heteroatoms. The third-order valence-electron chi connectivity index (χ3n) is 4.46. The highest BCUT2D eigenvalue weighted by atomic mass is 16.2. The van der Waals surface area contributed by atoms with Crippen molar-refractivity contribution in [2.75, 3.05) is 6.54 Å². The molecule has 1 amide bonds. The first-order valence-corrected chi connectivity index (χ1v) is 6.07. The van der Waals surface area contributed by atoms with Crippen molar-refractivity contribution in [2.45, 2.75) is 44.6 Å². The first kappa shape index (κ1) is 9.37. The summed E-state index contributed by atoms with van der Waals surface area (Å²) in [6, 6.07) is 0.476. The molecule has 3 aliphatic rings. The van der Waals surface area contributed by atoms with Crippen LogP contribution in [-0.2, 0) is 9.59 Å². The second-order valence-electron chi connectivity index (χ2n) is 5.19. The highest BCUT2D eigenvalue weighted by Gasteiger charge is 2.45. The van der Waals surface area contributed by atoms with Crippen LogP contribution < -0.4 is 0 Å². The largest absolute Gasteiger partial charge is 0.339 e. The quantitative estimate of drug-likeness (QED) is 0.601. The zero-order valence-corrected chi connectivity index (χ0v) is 8.95. The summed E-state index contributed by atoms with van der Waals surface area (Å²) >= 11 is 0. The Balaban J connectivity index is 1.80. The Morgan fingerprint density at radius 2 is 1.93 bits per heavy atom. The second kappa shape index (κ2) is 3.32. The average molecular weight is 207 g/mol. The van der Waals surface area contributed by atoms with Crippen molar-refractivity contribution in [3.05, 3.63) is 0 Å². The van der Waals surface area contributed by atoms with E-state index in [2.05, 4.69) is 4.90 Å². The minimum absolute atomic E-state index is 0.343. The number of hydrogen-bond donors (Lipinski definition) is 0. The van der Waals surface area contributed by atoms with Crippen molar-refractivity contribution in [1.82, 2.24) is 4.90 Å². The summed E-state index contributed by atoms with van der Waals surface area (Å²) in [5.74, 6) is 1.99. The Morgan fingerprint density at radius 3 is 2.80 bits per heavy atom. The van der Waals surface area contributed by atoms with Gasteiger partial charge in [-0.1, -0.05) is 0 Å². The van der Waals surface area contributed by atoms with Crippen LogP contribution in [0.5, 0.6) is 0 Å². The number of rotatable bonds is 0. The Morgan fingerprint density at radius 1 is 1.07 bits per heavy atom. The van der Waals surface area contributed by atoms with E-state index in [4.69, 9.17) is 0 Å². The fourth-order valence-corrected chi connectivity index (χ4v) is 3.73. The molecule has 3 fully saturated rings. The van der Waals surface area contributed by atoms with E-state index in [9.17, 15) is 9.59 Å². The number of Topliss-reactive ketones (excluding diaryl/α,β-unsaturated/α-hetero) is 1. The number of ketones is 1. The van der Waals surface area contributed by atoms with Gasteiger partial charge in [0, 0.05) is 31.8 Å². The third-order valence-corrected chi connectivity index (χ3v) is 4.46. The molecule has 2 saturated heterocycles. The Kier molecular flexibility index (Phi) is 2.08. The molecular weight excluding hydrogens is 190 g/mol. The maximum absolute atomic E-state index is 11.6. The van der Waals surface area contributed by atoms with Gasteiger partial charge in [-0.05, 0) is 31.1 Å². The van der Waals surface area contributed by atoms with E-state index in [0.717, 1.165) is 45.1 Å². The van der Waals surface area contributed by atoms with Crippen LogP contribution in [0.2, 0.25) is 0 Å². The summed E-state index contributed by atoms with van der Waals surface area (Å²) in [5.41, 5.74) is 0. The lowest BCUT2D eigenvalue weighted by atomic mass is 9.70. The fourth-order valence-electron chi connectivity index (χ4n) is 3.73. The number of nitrogens with zero attached hydrogens (tertiary/aromatic N) is 1. The molecule has 0 aromatic rings. The van der Waals surface area contributed by atoms with Crippen molar-refractivity contribution in [3.63, 3.8) is 0 Å². The van der Waals surface area contributed by atoms with Crippen LogP contribution in [0.1, 0.15) is 38.5 Å². The molecule has 0 spiro atoms. The van der Waals surface area contributed by atoms with Gasteiger partial charge >= 0.3 is 0 Å². The predicted octanol–water partition coefficient (Wildman–Crippen LogP) is 1.37. The van der Waals surface area contributed by atoms with Crippen LogP contribution in [0.3, 0.4) is 0 Å². The Hall–Kier alpha value is -0.860. The zero-order valence-electron chi connectivity index (χ0n) is 8.95. The SMILES string of the molecule is O=C1CCC2C(CCN3C(=O)CCC23)C1. The lowest BCUT2D eigenvalue weighted by molar-refractivity contribution is -0.133. The maximum Gasteiger partial charge on any atom is 0.222 e. The number of hydrogen-bond acceptors (Lipinski definition) is 2. The summed E-state index contributed by atoms with van der Waals surface area (Å²) in [6.07, 6.45) is 5.38. The molecule has 82 valence electrons. The highest BCUT2D eigenvalue weighted by Crippen LogP contribution is 2.42. The topological polar surface area (TPSA) is 37.4 Å². The summed E-state index contributed by atoms with van der Waals surface area (Å²) in [4.78, 5) is 25.1. The van der Waals surface area contributed by atoms with E-state index in [1.807, 2.05) is 0 Å². The van der Waals surface area contributed by atoms with Crippen molar-refractivity contribution < 1.29 is 9.59 Å². The van der Waals surface area contributed by atoms with Gasteiger partial charge in [-0.2, -0.15) is 0 Å². The fraction of sp³-hybridized carbons (Fsp3) is 0.833. The summed E-state index contributed by atoms with van der Waals surface area (Å²) in [7, 11) is 0. The Bertz CT molecular complexity index is 313. The first-order valence-electron chi connectivity index (χ1n) is 6.07. The van der Waals surface area contributed by atoms with Crippen LogP contribution in [-0.4, -0.2) is 29.2 Å². The third kappa shape index (κ3) is 1.40. The van der Waals surface area contributed by atoms with E-state index in [1.165, 1.54) is 0 Å². The summed E-state index contributed by atoms with van der Waals surface area (Å²) in [6.45, 7) is 0.901. The number of amides is 1. The molecule has 3 nitrogen and oxygen atoms in total. The molecule has 1 saturated carbocycles. The smallest absolute Gasteiger partial charge is 0.222 e. The minimum Gasteiger partial charge on any atom is -0.339 e. The lowest BCUT2D eigenvalue weighted by Crippen LogP contribution is -2.48. The molecule has 0 bridgehead atoms. The highest BCUT2D eigenvalue weighted by molar-refractivity contribution is 5.81. The van der Waals surface area contributed by atoms with Crippen LogP contribution >= 0.6 is 0 Å². The van der Waals surface area contributed by atoms with Crippen molar-refractivity contribution in [3.8, 4) is 0 Å². The first-order chi connectivity index (χ1) is 7.25. The van der Waals surface area contributed by atoms with Gasteiger partial charge in [0.25, 0.3) is 0 Å². The van der Waals surface area contributed by atoms with E-state index < -0.39 is 0 Å². The number of carbonyl (C=O) groups excluding carboxylic acids is 2. The molecule has 0 aromatic heterocycles. The molecule has 3 unspecified atom stereocenters. The van der Waals surface area contributed by atoms with Crippen LogP contribution in [0.25, 0.3) is 0 Å². The zero-order chi connectivity index (χ0) is 10.4. The van der Waals surface area contributed by atoms with E-state index in [-0.39, 0.29) is 0 Å². The predicted molar refractivity (Wildman–Crippen MR) is 55.2 cm³/mol. The molecule has 3 atom stereocenters. The minimum atomic E-state index is 0.343. The van der Waals surface area contributed by atoms with Gasteiger partial charge in [0.2, 0.25) is 5.91 Å². The van der Waals surface area contributed by atoms with Gasteiger partial charge in [-0.15, -0.1) is 0 Å². The number of fused-ring (bicyclic) bond motifs is 3. The van der Waals surface area contributed by atoms with Gasteiger partial charge in [-0.25, -0.2) is 0 Å². The molecule has 0 N–H and O–H groups in total. The van der Waals surface area contributed by atoms with Gasteiger partial charge in [0.05, 0.1) is 0 Å². The summed E-state index contributed by atoms with van der Waals surface area (Å²) < 4.78 is 0. The van der Waals surface area contributed by atoms with Crippen LogP contribution in [0, 0.1) is 11.8 Å². The van der Waals surface area contributed by atoms with E-state index >= 15 is 0 Å². The number of piperidine rings is 1. The van der Waals surface area contributed by atoms with Crippen LogP contribution in [0.4, 0.5) is 0 Å². The second-order valence-corrected chi connectivity index (χ2v) is 5.19. The standard InChI is InChI=1S/C12H17NO2/c14-9-1-2-10-8(7-9)5-6-13-11(10)3-4-12(13)15/h8,10-11H,1-7H2. The van der Waals surface area contributed by atoms with Crippen LogP contribution in [0.15, 0.2) is 0 Å². The van der Waals surface area contributed by atoms with E-state index in [0.29, 0.717) is 29.6 Å². The Labute approximate surface area is 89.8 Å². The van der Waals surface area contributed by atoms with Gasteiger partial charge in [-0.3, -0.25) is 9.59 Å². The lowest BCUT2D eigenvalue weighted by Gasteiger charge is -2.44. The van der Waals surface area contributed by atoms with Crippen molar-refractivity contribution in [2.24, 2.45) is 11.8 Å². The van der Waals surface area contributed by atoms with E-state index in [1.54, 1.807) is 0 Å². The molecular formula is C12H17NO2.